The fraction of sp³-hybridized carbons (Fsp3) is 0.333. The molecule has 0 saturated carbocycles. The number of benzene rings is 1. The lowest BCUT2D eigenvalue weighted by Gasteiger charge is -2.20. The van der Waals surface area contributed by atoms with Gasteiger partial charge < -0.3 is 15.1 Å². The van der Waals surface area contributed by atoms with Gasteiger partial charge in [-0.15, -0.1) is 0 Å². The van der Waals surface area contributed by atoms with Crippen molar-refractivity contribution in [2.45, 2.75) is 26.4 Å². The summed E-state index contributed by atoms with van der Waals surface area (Å²) in [5.41, 5.74) is 9.39. The van der Waals surface area contributed by atoms with Gasteiger partial charge in [-0.2, -0.15) is 0 Å². The molecule has 0 unspecified atom stereocenters. The van der Waals surface area contributed by atoms with Crippen molar-refractivity contribution in [2.24, 2.45) is 5.73 Å². The number of furan rings is 1. The molecule has 4 heteroatoms. The molecular formula is C15H19BrN2O. The molecule has 2 rings (SSSR count). The summed E-state index contributed by atoms with van der Waals surface area (Å²) in [6.07, 6.45) is 1.73. The molecule has 0 radical (unpaired) electrons. The molecule has 2 aromatic rings. The highest BCUT2D eigenvalue weighted by molar-refractivity contribution is 9.10. The molecule has 3 nitrogen and oxygen atoms in total. The third kappa shape index (κ3) is 3.19. The summed E-state index contributed by atoms with van der Waals surface area (Å²) >= 11 is 3.58. The second-order valence-electron chi connectivity index (χ2n) is 4.85. The van der Waals surface area contributed by atoms with Gasteiger partial charge in [0.25, 0.3) is 0 Å². The van der Waals surface area contributed by atoms with Crippen molar-refractivity contribution in [1.29, 1.82) is 0 Å². The molecule has 1 heterocycles. The summed E-state index contributed by atoms with van der Waals surface area (Å²) in [5, 5.41) is 0. The lowest BCUT2D eigenvalue weighted by Crippen LogP contribution is -2.17. The Balaban J connectivity index is 2.18. The number of rotatable bonds is 4. The molecule has 0 amide bonds. The maximum absolute atomic E-state index is 5.91. The number of aryl methyl sites for hydroxylation is 1. The van der Waals surface area contributed by atoms with Crippen LogP contribution in [0.2, 0.25) is 0 Å². The predicted molar refractivity (Wildman–Crippen MR) is 82.3 cm³/mol. The van der Waals surface area contributed by atoms with Crippen LogP contribution in [0.1, 0.15) is 29.9 Å². The highest BCUT2D eigenvalue weighted by Crippen LogP contribution is 2.28. The quantitative estimate of drug-likeness (QED) is 0.924. The van der Waals surface area contributed by atoms with E-state index in [1.54, 1.807) is 6.26 Å². The molecule has 1 aromatic heterocycles. The van der Waals surface area contributed by atoms with E-state index in [2.05, 4.69) is 46.1 Å². The second-order valence-corrected chi connectivity index (χ2v) is 5.71. The maximum atomic E-state index is 5.91. The monoisotopic (exact) mass is 322 g/mol. The van der Waals surface area contributed by atoms with Crippen molar-refractivity contribution >= 4 is 21.6 Å². The van der Waals surface area contributed by atoms with E-state index in [1.165, 1.54) is 5.56 Å². The molecule has 0 fully saturated rings. The van der Waals surface area contributed by atoms with Gasteiger partial charge in [0, 0.05) is 35.4 Å². The molecule has 2 N–H and O–H groups in total. The molecule has 102 valence electrons. The van der Waals surface area contributed by atoms with Crippen LogP contribution in [0.5, 0.6) is 0 Å². The number of anilines is 1. The number of nitrogens with zero attached hydrogens (tertiary/aromatic N) is 1. The van der Waals surface area contributed by atoms with Gasteiger partial charge in [-0.1, -0.05) is 22.0 Å². The normalized spacial score (nSPS) is 12.5. The van der Waals surface area contributed by atoms with E-state index in [9.17, 15) is 0 Å². The fourth-order valence-corrected chi connectivity index (χ4v) is 2.77. The van der Waals surface area contributed by atoms with Gasteiger partial charge in [-0.25, -0.2) is 0 Å². The lowest BCUT2D eigenvalue weighted by molar-refractivity contribution is 0.529. The Kier molecular flexibility index (Phi) is 4.32. The molecule has 0 aliphatic heterocycles. The Bertz CT molecular complexity index is 563. The highest BCUT2D eigenvalue weighted by atomic mass is 79.9. The van der Waals surface area contributed by atoms with Crippen molar-refractivity contribution in [3.05, 3.63) is 51.9 Å². The van der Waals surface area contributed by atoms with Crippen molar-refractivity contribution in [3.63, 3.8) is 0 Å². The molecule has 0 aliphatic rings. The zero-order chi connectivity index (χ0) is 14.0. The summed E-state index contributed by atoms with van der Waals surface area (Å²) in [6.45, 7) is 4.79. The number of halogens is 1. The summed E-state index contributed by atoms with van der Waals surface area (Å²) < 4.78 is 6.37. The standard InChI is InChI=1S/C15H19BrN2O/c1-10(17)14-5-4-13(8-15(14)16)18(3)9-12-6-7-19-11(12)2/h4-8,10H,9,17H2,1-3H3/t10-/m1/s1. The van der Waals surface area contributed by atoms with E-state index in [1.807, 2.05) is 19.9 Å². The average Bonchev–Trinajstić information content (AvgIpc) is 2.74. The van der Waals surface area contributed by atoms with Crippen molar-refractivity contribution in [3.8, 4) is 0 Å². The zero-order valence-electron chi connectivity index (χ0n) is 11.5. The van der Waals surface area contributed by atoms with Crippen molar-refractivity contribution in [2.75, 3.05) is 11.9 Å². The lowest BCUT2D eigenvalue weighted by atomic mass is 10.1. The minimum Gasteiger partial charge on any atom is -0.469 e. The Morgan fingerprint density at radius 1 is 1.37 bits per heavy atom. The SMILES string of the molecule is Cc1occc1CN(C)c1ccc([C@@H](C)N)c(Br)c1. The number of hydrogen-bond donors (Lipinski definition) is 1. The first kappa shape index (κ1) is 14.2. The molecule has 0 spiro atoms. The van der Waals surface area contributed by atoms with Gasteiger partial charge in [-0.3, -0.25) is 0 Å². The van der Waals surface area contributed by atoms with E-state index in [0.717, 1.165) is 28.0 Å². The van der Waals surface area contributed by atoms with Crippen LogP contribution in [0.4, 0.5) is 5.69 Å². The average molecular weight is 323 g/mol. The van der Waals surface area contributed by atoms with Crippen molar-refractivity contribution < 1.29 is 4.42 Å². The predicted octanol–water partition coefficient (Wildman–Crippen LogP) is 4.01. The summed E-state index contributed by atoms with van der Waals surface area (Å²) in [4.78, 5) is 2.19. The maximum Gasteiger partial charge on any atom is 0.105 e. The summed E-state index contributed by atoms with van der Waals surface area (Å²) in [5.74, 6) is 0.970. The molecule has 1 aromatic carbocycles. The Morgan fingerprint density at radius 2 is 2.11 bits per heavy atom. The minimum absolute atomic E-state index is 0.0323. The van der Waals surface area contributed by atoms with Crippen molar-refractivity contribution in [1.82, 2.24) is 0 Å². The topological polar surface area (TPSA) is 42.4 Å². The first-order valence-electron chi connectivity index (χ1n) is 6.28. The van der Waals surface area contributed by atoms with E-state index in [0.29, 0.717) is 0 Å². The molecule has 0 bridgehead atoms. The van der Waals surface area contributed by atoms with Crippen LogP contribution in [0, 0.1) is 6.92 Å². The Labute approximate surface area is 122 Å². The van der Waals surface area contributed by atoms with E-state index >= 15 is 0 Å². The third-order valence-electron chi connectivity index (χ3n) is 3.29. The van der Waals surface area contributed by atoms with Crippen LogP contribution in [0.15, 0.2) is 39.4 Å². The van der Waals surface area contributed by atoms with E-state index < -0.39 is 0 Å². The van der Waals surface area contributed by atoms with E-state index in [-0.39, 0.29) is 6.04 Å². The molecule has 0 saturated heterocycles. The number of hydrogen-bond acceptors (Lipinski definition) is 3. The summed E-state index contributed by atoms with van der Waals surface area (Å²) in [6, 6.07) is 8.32. The van der Waals surface area contributed by atoms with Crippen LogP contribution < -0.4 is 10.6 Å². The van der Waals surface area contributed by atoms with Crippen LogP contribution in [0.3, 0.4) is 0 Å². The van der Waals surface area contributed by atoms with Gasteiger partial charge in [-0.05, 0) is 37.6 Å². The largest absolute Gasteiger partial charge is 0.469 e. The zero-order valence-corrected chi connectivity index (χ0v) is 13.1. The molecular weight excluding hydrogens is 304 g/mol. The van der Waals surface area contributed by atoms with E-state index in [4.69, 9.17) is 10.2 Å². The van der Waals surface area contributed by atoms with Crippen LogP contribution in [-0.2, 0) is 6.54 Å². The molecule has 19 heavy (non-hydrogen) atoms. The highest BCUT2D eigenvalue weighted by Gasteiger charge is 2.10. The van der Waals surface area contributed by atoms with Crippen LogP contribution >= 0.6 is 15.9 Å². The smallest absolute Gasteiger partial charge is 0.105 e. The molecule has 0 aliphatic carbocycles. The second kappa shape index (κ2) is 5.80. The number of nitrogens with two attached hydrogens (primary N) is 1. The Morgan fingerprint density at radius 3 is 2.63 bits per heavy atom. The minimum atomic E-state index is 0.0323. The first-order valence-corrected chi connectivity index (χ1v) is 7.07. The van der Waals surface area contributed by atoms with Gasteiger partial charge >= 0.3 is 0 Å². The molecule has 1 atom stereocenters. The van der Waals surface area contributed by atoms with Crippen LogP contribution in [-0.4, -0.2) is 7.05 Å². The van der Waals surface area contributed by atoms with Gasteiger partial charge in [0.05, 0.1) is 6.26 Å². The fourth-order valence-electron chi connectivity index (χ4n) is 2.04. The van der Waals surface area contributed by atoms with Gasteiger partial charge in [0.1, 0.15) is 5.76 Å². The van der Waals surface area contributed by atoms with Gasteiger partial charge in [0.15, 0.2) is 0 Å². The Hall–Kier alpha value is -1.26. The summed E-state index contributed by atoms with van der Waals surface area (Å²) in [7, 11) is 2.07. The first-order chi connectivity index (χ1) is 8.99. The van der Waals surface area contributed by atoms with Crippen LogP contribution in [0.25, 0.3) is 0 Å². The third-order valence-corrected chi connectivity index (χ3v) is 3.98. The van der Waals surface area contributed by atoms with Gasteiger partial charge in [0.2, 0.25) is 0 Å².